The number of carbonyl (C=O) groups excluding carboxylic acids is 1. The van der Waals surface area contributed by atoms with Gasteiger partial charge in [0, 0.05) is 19.2 Å². The van der Waals surface area contributed by atoms with Crippen molar-refractivity contribution >= 4 is 11.6 Å². The lowest BCUT2D eigenvalue weighted by molar-refractivity contribution is -0.117. The van der Waals surface area contributed by atoms with Crippen LogP contribution in [-0.4, -0.2) is 18.1 Å². The summed E-state index contributed by atoms with van der Waals surface area (Å²) in [4.78, 5) is 13.3. The monoisotopic (exact) mass is 267 g/mol. The van der Waals surface area contributed by atoms with Crippen molar-refractivity contribution in [3.05, 3.63) is 65.2 Å². The highest BCUT2D eigenvalue weighted by Gasteiger charge is 2.24. The van der Waals surface area contributed by atoms with Gasteiger partial charge < -0.3 is 10.0 Å². The Bertz CT molecular complexity index is 637. The average molecular weight is 267 g/mol. The second-order valence-electron chi connectivity index (χ2n) is 5.22. The van der Waals surface area contributed by atoms with Crippen LogP contribution in [0, 0.1) is 0 Å². The minimum atomic E-state index is -0.538. The highest BCUT2D eigenvalue weighted by atomic mass is 16.3. The summed E-state index contributed by atoms with van der Waals surface area (Å²) in [5.74, 6) is 0.106. The zero-order valence-electron chi connectivity index (χ0n) is 11.4. The van der Waals surface area contributed by atoms with Crippen LogP contribution in [0.3, 0.4) is 0 Å². The van der Waals surface area contributed by atoms with Crippen molar-refractivity contribution in [1.29, 1.82) is 0 Å². The SMILES string of the molecule is CN1C(=O)Cc2cc(C(O)Cc3ccccc3)ccc21. The number of aliphatic hydroxyl groups is 1. The molecular formula is C17H17NO2. The number of nitrogens with zero attached hydrogens (tertiary/aromatic N) is 1. The van der Waals surface area contributed by atoms with E-state index in [0.29, 0.717) is 12.8 Å². The van der Waals surface area contributed by atoms with E-state index >= 15 is 0 Å². The molecule has 1 unspecified atom stereocenters. The molecule has 0 aliphatic carbocycles. The third kappa shape index (κ3) is 2.32. The number of rotatable bonds is 3. The average Bonchev–Trinajstić information content (AvgIpc) is 2.74. The molecule has 0 saturated heterocycles. The van der Waals surface area contributed by atoms with E-state index in [1.165, 1.54) is 0 Å². The summed E-state index contributed by atoms with van der Waals surface area (Å²) in [6, 6.07) is 15.7. The summed E-state index contributed by atoms with van der Waals surface area (Å²) in [7, 11) is 1.79. The molecule has 1 amide bonds. The van der Waals surface area contributed by atoms with Crippen LogP contribution in [0.15, 0.2) is 48.5 Å². The maximum Gasteiger partial charge on any atom is 0.231 e. The van der Waals surface area contributed by atoms with Crippen LogP contribution < -0.4 is 4.90 Å². The minimum absolute atomic E-state index is 0.106. The van der Waals surface area contributed by atoms with Gasteiger partial charge in [-0.2, -0.15) is 0 Å². The van der Waals surface area contributed by atoms with E-state index in [4.69, 9.17) is 0 Å². The van der Waals surface area contributed by atoms with Crippen LogP contribution >= 0.6 is 0 Å². The van der Waals surface area contributed by atoms with Crippen LogP contribution in [0.25, 0.3) is 0 Å². The van der Waals surface area contributed by atoms with E-state index in [1.807, 2.05) is 48.5 Å². The zero-order valence-corrected chi connectivity index (χ0v) is 11.4. The number of benzene rings is 2. The number of hydrogen-bond donors (Lipinski definition) is 1. The first-order chi connectivity index (χ1) is 9.65. The molecule has 1 aliphatic heterocycles. The summed E-state index contributed by atoms with van der Waals surface area (Å²) >= 11 is 0. The van der Waals surface area contributed by atoms with Gasteiger partial charge in [0.1, 0.15) is 0 Å². The van der Waals surface area contributed by atoms with E-state index in [9.17, 15) is 9.90 Å². The summed E-state index contributed by atoms with van der Waals surface area (Å²) < 4.78 is 0. The predicted octanol–water partition coefficient (Wildman–Crippen LogP) is 2.48. The molecule has 102 valence electrons. The second-order valence-corrected chi connectivity index (χ2v) is 5.22. The van der Waals surface area contributed by atoms with Crippen molar-refractivity contribution in [2.24, 2.45) is 0 Å². The van der Waals surface area contributed by atoms with Gasteiger partial charge in [0.2, 0.25) is 5.91 Å². The van der Waals surface area contributed by atoms with E-state index in [-0.39, 0.29) is 5.91 Å². The first-order valence-electron chi connectivity index (χ1n) is 6.76. The summed E-state index contributed by atoms with van der Waals surface area (Å²) in [6.07, 6.45) is 0.477. The van der Waals surface area contributed by atoms with Crippen molar-refractivity contribution in [1.82, 2.24) is 0 Å². The first kappa shape index (κ1) is 12.9. The quantitative estimate of drug-likeness (QED) is 0.928. The molecule has 3 nitrogen and oxygen atoms in total. The largest absolute Gasteiger partial charge is 0.388 e. The van der Waals surface area contributed by atoms with Crippen molar-refractivity contribution < 1.29 is 9.90 Å². The molecule has 2 aromatic carbocycles. The summed E-state index contributed by atoms with van der Waals surface area (Å²) in [5.41, 5.74) is 3.93. The molecule has 1 atom stereocenters. The Kier molecular flexibility index (Phi) is 3.28. The predicted molar refractivity (Wildman–Crippen MR) is 78.7 cm³/mol. The third-order valence-electron chi connectivity index (χ3n) is 3.84. The van der Waals surface area contributed by atoms with E-state index in [1.54, 1.807) is 11.9 Å². The van der Waals surface area contributed by atoms with Gasteiger partial charge in [-0.25, -0.2) is 0 Å². The molecule has 1 aliphatic rings. The molecule has 3 rings (SSSR count). The van der Waals surface area contributed by atoms with Gasteiger partial charge >= 0.3 is 0 Å². The Morgan fingerprint density at radius 3 is 2.70 bits per heavy atom. The number of fused-ring (bicyclic) bond motifs is 1. The summed E-state index contributed by atoms with van der Waals surface area (Å²) in [6.45, 7) is 0. The maximum absolute atomic E-state index is 11.7. The van der Waals surface area contributed by atoms with Crippen molar-refractivity contribution in [2.45, 2.75) is 18.9 Å². The Balaban J connectivity index is 1.82. The molecule has 20 heavy (non-hydrogen) atoms. The molecule has 0 saturated carbocycles. The Morgan fingerprint density at radius 2 is 1.95 bits per heavy atom. The lowest BCUT2D eigenvalue weighted by Crippen LogP contribution is -2.20. The van der Waals surface area contributed by atoms with Gasteiger partial charge in [-0.05, 0) is 22.8 Å². The molecule has 0 aromatic heterocycles. The standard InChI is InChI=1S/C17H17NO2/c1-18-15-8-7-13(10-14(15)11-17(18)20)16(19)9-12-5-3-2-4-6-12/h2-8,10,16,19H,9,11H2,1H3. The molecule has 3 heteroatoms. The fraction of sp³-hybridized carbons (Fsp3) is 0.235. The van der Waals surface area contributed by atoms with Gasteiger partial charge in [0.05, 0.1) is 12.5 Å². The number of likely N-dealkylation sites (N-methyl/N-ethyl adjacent to an activating group) is 1. The fourth-order valence-corrected chi connectivity index (χ4v) is 2.65. The topological polar surface area (TPSA) is 40.5 Å². The van der Waals surface area contributed by atoms with E-state index in [2.05, 4.69) is 0 Å². The van der Waals surface area contributed by atoms with Gasteiger partial charge in [-0.3, -0.25) is 4.79 Å². The minimum Gasteiger partial charge on any atom is -0.388 e. The number of anilines is 1. The van der Waals surface area contributed by atoms with Crippen molar-refractivity contribution in [3.63, 3.8) is 0 Å². The Labute approximate surface area is 118 Å². The Morgan fingerprint density at radius 1 is 1.20 bits per heavy atom. The van der Waals surface area contributed by atoms with Crippen LogP contribution in [0.1, 0.15) is 22.8 Å². The van der Waals surface area contributed by atoms with Gasteiger partial charge in [-0.15, -0.1) is 0 Å². The van der Waals surface area contributed by atoms with E-state index in [0.717, 1.165) is 22.4 Å². The van der Waals surface area contributed by atoms with Gasteiger partial charge in [0.15, 0.2) is 0 Å². The Hall–Kier alpha value is -2.13. The van der Waals surface area contributed by atoms with Crippen molar-refractivity contribution in [2.75, 3.05) is 11.9 Å². The molecule has 2 aromatic rings. The van der Waals surface area contributed by atoms with Gasteiger partial charge in [0.25, 0.3) is 0 Å². The van der Waals surface area contributed by atoms with E-state index < -0.39 is 6.10 Å². The van der Waals surface area contributed by atoms with Crippen LogP contribution in [0.4, 0.5) is 5.69 Å². The van der Waals surface area contributed by atoms with Crippen LogP contribution in [-0.2, 0) is 17.6 Å². The van der Waals surface area contributed by atoms with Gasteiger partial charge in [-0.1, -0.05) is 42.5 Å². The molecular weight excluding hydrogens is 250 g/mol. The molecule has 0 radical (unpaired) electrons. The number of carbonyl (C=O) groups is 1. The molecule has 0 spiro atoms. The van der Waals surface area contributed by atoms with Crippen molar-refractivity contribution in [3.8, 4) is 0 Å². The molecule has 0 bridgehead atoms. The third-order valence-corrected chi connectivity index (χ3v) is 3.84. The highest BCUT2D eigenvalue weighted by Crippen LogP contribution is 2.30. The molecule has 1 N–H and O–H groups in total. The maximum atomic E-state index is 11.7. The zero-order chi connectivity index (χ0) is 14.1. The molecule has 1 heterocycles. The highest BCUT2D eigenvalue weighted by molar-refractivity contribution is 6.00. The van der Waals surface area contributed by atoms with Crippen LogP contribution in [0.2, 0.25) is 0 Å². The van der Waals surface area contributed by atoms with Crippen LogP contribution in [0.5, 0.6) is 0 Å². The lowest BCUT2D eigenvalue weighted by atomic mass is 9.99. The summed E-state index contributed by atoms with van der Waals surface area (Å²) in [5, 5.41) is 10.3. The smallest absolute Gasteiger partial charge is 0.231 e. The number of hydrogen-bond acceptors (Lipinski definition) is 2. The fourth-order valence-electron chi connectivity index (χ4n) is 2.65. The number of aliphatic hydroxyl groups excluding tert-OH is 1. The number of amides is 1. The normalized spacial score (nSPS) is 15.3. The lowest BCUT2D eigenvalue weighted by Gasteiger charge is -2.14. The first-order valence-corrected chi connectivity index (χ1v) is 6.76. The molecule has 0 fully saturated rings. The second kappa shape index (κ2) is 5.10.